The van der Waals surface area contributed by atoms with Crippen molar-refractivity contribution in [3.63, 3.8) is 0 Å². The van der Waals surface area contributed by atoms with Crippen LogP contribution in [-0.4, -0.2) is 6.61 Å². The van der Waals surface area contributed by atoms with Crippen molar-refractivity contribution in [2.75, 3.05) is 6.61 Å². The minimum atomic E-state index is 0.736. The summed E-state index contributed by atoms with van der Waals surface area (Å²) >= 11 is 0. The van der Waals surface area contributed by atoms with E-state index in [9.17, 15) is 0 Å². The van der Waals surface area contributed by atoms with Gasteiger partial charge in [-0.3, -0.25) is 0 Å². The van der Waals surface area contributed by atoms with E-state index in [0.29, 0.717) is 0 Å². The standard InChI is InChI=1S/C36H46O/c1-3-5-7-9-11-29-14-19-32(20-15-29)33-21-16-30(17-22-33)12-13-31-18-23-35-28-36(25-24-34(35)27-31)37-26-10-8-6-4-2/h16-18,21-25,27-29,32H,3-11,14-15,19-20,26H2,1-2H3. The first-order valence-corrected chi connectivity index (χ1v) is 15.0. The minimum Gasteiger partial charge on any atom is -0.494 e. The van der Waals surface area contributed by atoms with Gasteiger partial charge in [0.25, 0.3) is 0 Å². The van der Waals surface area contributed by atoms with Crippen LogP contribution in [0.15, 0.2) is 60.7 Å². The van der Waals surface area contributed by atoms with E-state index in [1.165, 1.54) is 93.4 Å². The molecule has 0 aromatic heterocycles. The topological polar surface area (TPSA) is 9.23 Å². The quantitative estimate of drug-likeness (QED) is 0.180. The van der Waals surface area contributed by atoms with E-state index < -0.39 is 0 Å². The molecule has 0 N–H and O–H groups in total. The second kappa shape index (κ2) is 14.9. The Balaban J connectivity index is 1.28. The molecule has 4 rings (SSSR count). The van der Waals surface area contributed by atoms with Crippen LogP contribution in [0.1, 0.15) is 120 Å². The summed E-state index contributed by atoms with van der Waals surface area (Å²) in [4.78, 5) is 0. The molecular formula is C36H46O. The summed E-state index contributed by atoms with van der Waals surface area (Å²) in [6.07, 6.45) is 17.5. The molecule has 0 atom stereocenters. The SMILES string of the molecule is CCCCCCOc1ccc2cc(C#Cc3ccc(C4CCC(CCCCCC)CC4)cc3)ccc2c1. The van der Waals surface area contributed by atoms with Gasteiger partial charge < -0.3 is 4.74 Å². The Hall–Kier alpha value is -2.72. The maximum atomic E-state index is 5.95. The summed E-state index contributed by atoms with van der Waals surface area (Å²) in [5.41, 5.74) is 3.66. The fourth-order valence-electron chi connectivity index (χ4n) is 5.74. The molecule has 0 amide bonds. The molecule has 196 valence electrons. The highest BCUT2D eigenvalue weighted by molar-refractivity contribution is 5.85. The van der Waals surface area contributed by atoms with E-state index in [0.717, 1.165) is 41.7 Å². The van der Waals surface area contributed by atoms with Gasteiger partial charge in [-0.25, -0.2) is 0 Å². The van der Waals surface area contributed by atoms with Crippen LogP contribution in [0.5, 0.6) is 5.75 Å². The highest BCUT2D eigenvalue weighted by Crippen LogP contribution is 2.37. The maximum Gasteiger partial charge on any atom is 0.119 e. The molecule has 1 aliphatic carbocycles. The Labute approximate surface area is 226 Å². The van der Waals surface area contributed by atoms with Crippen LogP contribution in [0.3, 0.4) is 0 Å². The molecule has 0 aliphatic heterocycles. The molecule has 37 heavy (non-hydrogen) atoms. The van der Waals surface area contributed by atoms with E-state index >= 15 is 0 Å². The summed E-state index contributed by atoms with van der Waals surface area (Å²) in [5.74, 6) is 9.42. The van der Waals surface area contributed by atoms with Crippen molar-refractivity contribution >= 4 is 10.8 Å². The third-order valence-electron chi connectivity index (χ3n) is 8.12. The molecule has 0 radical (unpaired) electrons. The van der Waals surface area contributed by atoms with Crippen molar-refractivity contribution in [1.29, 1.82) is 0 Å². The van der Waals surface area contributed by atoms with Crippen LogP contribution in [0, 0.1) is 17.8 Å². The first-order valence-electron chi connectivity index (χ1n) is 15.0. The summed E-state index contributed by atoms with van der Waals surface area (Å²) in [5, 5.41) is 2.41. The monoisotopic (exact) mass is 494 g/mol. The Morgan fingerprint density at radius 3 is 2.05 bits per heavy atom. The van der Waals surface area contributed by atoms with Gasteiger partial charge in [-0.2, -0.15) is 0 Å². The van der Waals surface area contributed by atoms with Crippen LogP contribution in [0.25, 0.3) is 10.8 Å². The van der Waals surface area contributed by atoms with Crippen LogP contribution in [0.2, 0.25) is 0 Å². The molecule has 0 heterocycles. The van der Waals surface area contributed by atoms with Gasteiger partial charge in [-0.15, -0.1) is 0 Å². The fourth-order valence-corrected chi connectivity index (χ4v) is 5.74. The van der Waals surface area contributed by atoms with Crippen LogP contribution in [0.4, 0.5) is 0 Å². The summed E-state index contributed by atoms with van der Waals surface area (Å²) < 4.78 is 5.95. The van der Waals surface area contributed by atoms with E-state index in [1.807, 2.05) is 0 Å². The van der Waals surface area contributed by atoms with Crippen molar-refractivity contribution in [1.82, 2.24) is 0 Å². The van der Waals surface area contributed by atoms with Gasteiger partial charge in [0, 0.05) is 11.1 Å². The third kappa shape index (κ3) is 8.67. The smallest absolute Gasteiger partial charge is 0.119 e. The Morgan fingerprint density at radius 1 is 0.649 bits per heavy atom. The van der Waals surface area contributed by atoms with E-state index in [4.69, 9.17) is 4.74 Å². The summed E-state index contributed by atoms with van der Waals surface area (Å²) in [7, 11) is 0. The largest absolute Gasteiger partial charge is 0.494 e. The average Bonchev–Trinajstić information content (AvgIpc) is 2.95. The highest BCUT2D eigenvalue weighted by Gasteiger charge is 2.21. The predicted octanol–water partition coefficient (Wildman–Crippen LogP) is 10.4. The molecule has 1 nitrogen and oxygen atoms in total. The molecule has 1 fully saturated rings. The molecule has 0 spiro atoms. The first-order chi connectivity index (χ1) is 18.2. The number of rotatable bonds is 12. The second-order valence-electron chi connectivity index (χ2n) is 11.1. The molecule has 3 aromatic carbocycles. The van der Waals surface area contributed by atoms with Gasteiger partial charge >= 0.3 is 0 Å². The molecule has 0 unspecified atom stereocenters. The maximum absolute atomic E-state index is 5.95. The molecule has 1 aliphatic rings. The van der Waals surface area contributed by atoms with E-state index in [-0.39, 0.29) is 0 Å². The van der Waals surface area contributed by atoms with Gasteiger partial charge in [0.15, 0.2) is 0 Å². The molecule has 0 saturated heterocycles. The lowest BCUT2D eigenvalue weighted by atomic mass is 9.77. The van der Waals surface area contributed by atoms with Crippen molar-refractivity contribution in [3.8, 4) is 17.6 Å². The van der Waals surface area contributed by atoms with Gasteiger partial charge in [-0.1, -0.05) is 101 Å². The minimum absolute atomic E-state index is 0.736. The number of hydrogen-bond acceptors (Lipinski definition) is 1. The number of benzene rings is 3. The normalized spacial score (nSPS) is 17.4. The zero-order valence-corrected chi connectivity index (χ0v) is 23.2. The van der Waals surface area contributed by atoms with Gasteiger partial charge in [0.2, 0.25) is 0 Å². The van der Waals surface area contributed by atoms with Crippen molar-refractivity contribution in [3.05, 3.63) is 77.4 Å². The summed E-state index contributed by atoms with van der Waals surface area (Å²) in [6, 6.07) is 21.9. The highest BCUT2D eigenvalue weighted by atomic mass is 16.5. The second-order valence-corrected chi connectivity index (χ2v) is 11.1. The lowest BCUT2D eigenvalue weighted by molar-refractivity contribution is 0.302. The molecule has 1 saturated carbocycles. The molecule has 3 aromatic rings. The summed E-state index contributed by atoms with van der Waals surface area (Å²) in [6.45, 7) is 5.34. The Morgan fingerprint density at radius 2 is 1.30 bits per heavy atom. The van der Waals surface area contributed by atoms with Gasteiger partial charge in [0.05, 0.1) is 6.61 Å². The van der Waals surface area contributed by atoms with Crippen LogP contribution >= 0.6 is 0 Å². The average molecular weight is 495 g/mol. The first kappa shape index (κ1) is 27.3. The fraction of sp³-hybridized carbons (Fsp3) is 0.500. The van der Waals surface area contributed by atoms with E-state index in [2.05, 4.69) is 86.4 Å². The van der Waals surface area contributed by atoms with Crippen molar-refractivity contribution in [2.45, 2.75) is 103 Å². The lowest BCUT2D eigenvalue weighted by Crippen LogP contribution is -2.13. The third-order valence-corrected chi connectivity index (χ3v) is 8.12. The zero-order chi connectivity index (χ0) is 25.7. The van der Waals surface area contributed by atoms with Crippen molar-refractivity contribution in [2.24, 2.45) is 5.92 Å². The molecular weight excluding hydrogens is 448 g/mol. The van der Waals surface area contributed by atoms with E-state index in [1.54, 1.807) is 0 Å². The number of fused-ring (bicyclic) bond motifs is 1. The van der Waals surface area contributed by atoms with Crippen molar-refractivity contribution < 1.29 is 4.74 Å². The number of hydrogen-bond donors (Lipinski definition) is 0. The zero-order valence-electron chi connectivity index (χ0n) is 23.2. The Kier molecular flexibility index (Phi) is 11.0. The van der Waals surface area contributed by atoms with Crippen LogP contribution in [-0.2, 0) is 0 Å². The number of ether oxygens (including phenoxy) is 1. The number of unbranched alkanes of at least 4 members (excludes halogenated alkanes) is 6. The molecule has 1 heteroatoms. The van der Waals surface area contributed by atoms with Gasteiger partial charge in [-0.05, 0) is 96.7 Å². The van der Waals surface area contributed by atoms with Crippen LogP contribution < -0.4 is 4.74 Å². The lowest BCUT2D eigenvalue weighted by Gasteiger charge is -2.29. The Bertz CT molecular complexity index is 1140. The van der Waals surface area contributed by atoms with Gasteiger partial charge in [0.1, 0.15) is 5.75 Å². The predicted molar refractivity (Wildman–Crippen MR) is 159 cm³/mol. The molecule has 0 bridgehead atoms.